The van der Waals surface area contributed by atoms with Crippen molar-refractivity contribution in [1.29, 1.82) is 0 Å². The minimum absolute atomic E-state index is 0.441. The second-order valence-corrected chi connectivity index (χ2v) is 6.83. The van der Waals surface area contributed by atoms with Crippen LogP contribution < -0.4 is 5.32 Å². The van der Waals surface area contributed by atoms with Gasteiger partial charge in [0.05, 0.1) is 12.2 Å². The Hall–Kier alpha value is -0.160. The van der Waals surface area contributed by atoms with Gasteiger partial charge < -0.3 is 15.0 Å². The van der Waals surface area contributed by atoms with Crippen LogP contribution in [0, 0.1) is 0 Å². The highest BCUT2D eigenvalue weighted by molar-refractivity contribution is 4.83. The van der Waals surface area contributed by atoms with Gasteiger partial charge in [-0.3, -0.25) is 4.90 Å². The summed E-state index contributed by atoms with van der Waals surface area (Å²) in [5, 5.41) is 3.49. The molecule has 124 valence electrons. The van der Waals surface area contributed by atoms with Crippen LogP contribution in [-0.4, -0.2) is 74.4 Å². The summed E-state index contributed by atoms with van der Waals surface area (Å²) in [7, 11) is 2.26. The number of rotatable bonds is 7. The SMILES string of the molecule is CCCNCC1CCC(CN2CCCN(C)CC2CC)O1. The third-order valence-electron chi connectivity index (χ3n) is 4.93. The van der Waals surface area contributed by atoms with Crippen LogP contribution in [0.1, 0.15) is 46.0 Å². The lowest BCUT2D eigenvalue weighted by atomic mass is 10.1. The van der Waals surface area contributed by atoms with Gasteiger partial charge in [-0.1, -0.05) is 13.8 Å². The molecule has 2 heterocycles. The normalized spacial score (nSPS) is 32.4. The summed E-state index contributed by atoms with van der Waals surface area (Å²) >= 11 is 0. The lowest BCUT2D eigenvalue weighted by Crippen LogP contribution is -2.43. The molecule has 2 aliphatic rings. The van der Waals surface area contributed by atoms with Crippen LogP contribution >= 0.6 is 0 Å². The summed E-state index contributed by atoms with van der Waals surface area (Å²) < 4.78 is 6.25. The molecule has 2 rings (SSSR count). The topological polar surface area (TPSA) is 27.7 Å². The van der Waals surface area contributed by atoms with Crippen molar-refractivity contribution in [3.05, 3.63) is 0 Å². The first-order chi connectivity index (χ1) is 10.2. The second kappa shape index (κ2) is 9.09. The van der Waals surface area contributed by atoms with Crippen molar-refractivity contribution >= 4 is 0 Å². The lowest BCUT2D eigenvalue weighted by molar-refractivity contribution is 0.0144. The van der Waals surface area contributed by atoms with Crippen molar-refractivity contribution in [2.24, 2.45) is 0 Å². The van der Waals surface area contributed by atoms with Crippen LogP contribution in [-0.2, 0) is 4.74 Å². The molecule has 0 spiro atoms. The second-order valence-electron chi connectivity index (χ2n) is 6.83. The Kier molecular flexibility index (Phi) is 7.44. The van der Waals surface area contributed by atoms with Crippen molar-refractivity contribution in [1.82, 2.24) is 15.1 Å². The van der Waals surface area contributed by atoms with Crippen molar-refractivity contribution in [2.45, 2.75) is 64.2 Å². The highest BCUT2D eigenvalue weighted by Gasteiger charge is 2.29. The van der Waals surface area contributed by atoms with Crippen LogP contribution in [0.2, 0.25) is 0 Å². The summed E-state index contributed by atoms with van der Waals surface area (Å²) in [6.45, 7) is 11.5. The van der Waals surface area contributed by atoms with Gasteiger partial charge >= 0.3 is 0 Å². The quantitative estimate of drug-likeness (QED) is 0.727. The Balaban J connectivity index is 1.75. The van der Waals surface area contributed by atoms with Gasteiger partial charge in [-0.25, -0.2) is 0 Å². The molecule has 4 nitrogen and oxygen atoms in total. The molecule has 0 bridgehead atoms. The van der Waals surface area contributed by atoms with Crippen LogP contribution in [0.15, 0.2) is 0 Å². The predicted octanol–water partition coefficient (Wildman–Crippen LogP) is 1.95. The van der Waals surface area contributed by atoms with E-state index in [0.717, 1.165) is 19.6 Å². The molecular formula is C17H35N3O. The molecule has 0 aromatic rings. The van der Waals surface area contributed by atoms with Gasteiger partial charge in [-0.2, -0.15) is 0 Å². The van der Waals surface area contributed by atoms with Gasteiger partial charge in [-0.05, 0) is 58.8 Å². The van der Waals surface area contributed by atoms with E-state index < -0.39 is 0 Å². The molecule has 0 aromatic carbocycles. The third-order valence-corrected chi connectivity index (χ3v) is 4.93. The molecule has 2 fully saturated rings. The Morgan fingerprint density at radius 2 is 1.95 bits per heavy atom. The molecule has 0 aliphatic carbocycles. The van der Waals surface area contributed by atoms with E-state index in [-0.39, 0.29) is 0 Å². The van der Waals surface area contributed by atoms with E-state index in [1.54, 1.807) is 0 Å². The summed E-state index contributed by atoms with van der Waals surface area (Å²) in [4.78, 5) is 5.18. The van der Waals surface area contributed by atoms with Gasteiger partial charge in [0.25, 0.3) is 0 Å². The predicted molar refractivity (Wildman–Crippen MR) is 88.8 cm³/mol. The highest BCUT2D eigenvalue weighted by Crippen LogP contribution is 2.22. The number of hydrogen-bond donors (Lipinski definition) is 1. The van der Waals surface area contributed by atoms with Crippen molar-refractivity contribution in [2.75, 3.05) is 46.3 Å². The van der Waals surface area contributed by atoms with Gasteiger partial charge in [0.15, 0.2) is 0 Å². The van der Waals surface area contributed by atoms with E-state index in [0.29, 0.717) is 18.2 Å². The van der Waals surface area contributed by atoms with Gasteiger partial charge in [-0.15, -0.1) is 0 Å². The molecule has 21 heavy (non-hydrogen) atoms. The zero-order valence-corrected chi connectivity index (χ0v) is 14.3. The Bertz CT molecular complexity index is 287. The molecule has 4 heteroatoms. The van der Waals surface area contributed by atoms with E-state index in [2.05, 4.69) is 36.0 Å². The fraction of sp³-hybridized carbons (Fsp3) is 1.00. The first kappa shape index (κ1) is 17.2. The monoisotopic (exact) mass is 297 g/mol. The summed E-state index contributed by atoms with van der Waals surface area (Å²) in [6, 6.07) is 0.707. The molecule has 2 aliphatic heterocycles. The molecule has 0 amide bonds. The van der Waals surface area contributed by atoms with Crippen molar-refractivity contribution in [3.8, 4) is 0 Å². The minimum Gasteiger partial charge on any atom is -0.372 e. The number of nitrogens with zero attached hydrogens (tertiary/aromatic N) is 2. The fourth-order valence-corrected chi connectivity index (χ4v) is 3.69. The Morgan fingerprint density at radius 3 is 2.71 bits per heavy atom. The maximum absolute atomic E-state index is 6.25. The zero-order valence-electron chi connectivity index (χ0n) is 14.3. The van der Waals surface area contributed by atoms with E-state index in [1.807, 2.05) is 0 Å². The van der Waals surface area contributed by atoms with E-state index in [4.69, 9.17) is 4.74 Å². The molecule has 0 radical (unpaired) electrons. The molecular weight excluding hydrogens is 262 g/mol. The van der Waals surface area contributed by atoms with E-state index in [9.17, 15) is 0 Å². The van der Waals surface area contributed by atoms with Gasteiger partial charge in [0, 0.05) is 25.7 Å². The van der Waals surface area contributed by atoms with Crippen molar-refractivity contribution < 1.29 is 4.74 Å². The fourth-order valence-electron chi connectivity index (χ4n) is 3.69. The smallest absolute Gasteiger partial charge is 0.0707 e. The average Bonchev–Trinajstić information content (AvgIpc) is 2.83. The first-order valence-electron chi connectivity index (χ1n) is 9.01. The van der Waals surface area contributed by atoms with Crippen LogP contribution in [0.5, 0.6) is 0 Å². The van der Waals surface area contributed by atoms with E-state index >= 15 is 0 Å². The number of nitrogens with one attached hydrogen (secondary N) is 1. The molecule has 3 unspecified atom stereocenters. The lowest BCUT2D eigenvalue weighted by Gasteiger charge is -2.32. The van der Waals surface area contributed by atoms with Crippen LogP contribution in [0.25, 0.3) is 0 Å². The first-order valence-corrected chi connectivity index (χ1v) is 9.01. The van der Waals surface area contributed by atoms with Crippen LogP contribution in [0.3, 0.4) is 0 Å². The largest absolute Gasteiger partial charge is 0.372 e. The molecule has 1 N–H and O–H groups in total. The van der Waals surface area contributed by atoms with Crippen LogP contribution in [0.4, 0.5) is 0 Å². The highest BCUT2D eigenvalue weighted by atomic mass is 16.5. The maximum Gasteiger partial charge on any atom is 0.0707 e. The number of ether oxygens (including phenoxy) is 1. The number of likely N-dealkylation sites (N-methyl/N-ethyl adjacent to an activating group) is 1. The maximum atomic E-state index is 6.25. The standard InChI is InChI=1S/C17H35N3O/c1-4-9-18-12-16-7-8-17(21-16)14-20-11-6-10-19(3)13-15(20)5-2/h15-18H,4-14H2,1-3H3. The summed E-state index contributed by atoms with van der Waals surface area (Å²) in [5.41, 5.74) is 0. The average molecular weight is 297 g/mol. The molecule has 0 aromatic heterocycles. The molecule has 2 saturated heterocycles. The Labute approximate surface area is 131 Å². The summed E-state index contributed by atoms with van der Waals surface area (Å²) in [5.74, 6) is 0. The van der Waals surface area contributed by atoms with Gasteiger partial charge in [0.2, 0.25) is 0 Å². The van der Waals surface area contributed by atoms with Crippen molar-refractivity contribution in [3.63, 3.8) is 0 Å². The van der Waals surface area contributed by atoms with E-state index in [1.165, 1.54) is 51.7 Å². The third kappa shape index (κ3) is 5.51. The molecule has 0 saturated carbocycles. The zero-order chi connectivity index (χ0) is 15.1. The number of hydrogen-bond acceptors (Lipinski definition) is 4. The van der Waals surface area contributed by atoms with Gasteiger partial charge in [0.1, 0.15) is 0 Å². The minimum atomic E-state index is 0.441. The molecule has 3 atom stereocenters. The Morgan fingerprint density at radius 1 is 1.14 bits per heavy atom. The summed E-state index contributed by atoms with van der Waals surface area (Å²) in [6.07, 6.45) is 7.11.